The Hall–Kier alpha value is -2.72. The maximum absolute atomic E-state index is 9.10. The molecule has 0 saturated heterocycles. The van der Waals surface area contributed by atoms with Gasteiger partial charge < -0.3 is 10.2 Å². The van der Waals surface area contributed by atoms with Gasteiger partial charge in [0.05, 0.1) is 0 Å². The number of tetrazole rings is 1. The Labute approximate surface area is 116 Å². The first-order valence-electron chi connectivity index (χ1n) is 6.04. The Morgan fingerprint density at radius 1 is 1.45 bits per heavy atom. The third kappa shape index (κ3) is 3.40. The Bertz CT molecular complexity index is 622. The number of para-hydroxylation sites is 1. The highest BCUT2D eigenvalue weighted by molar-refractivity contribution is 5.74. The lowest BCUT2D eigenvalue weighted by Crippen LogP contribution is -2.12. The van der Waals surface area contributed by atoms with Gasteiger partial charge in [-0.3, -0.25) is 0 Å². The van der Waals surface area contributed by atoms with Crippen LogP contribution in [0.3, 0.4) is 0 Å². The van der Waals surface area contributed by atoms with E-state index in [9.17, 15) is 0 Å². The van der Waals surface area contributed by atoms with Gasteiger partial charge in [0.1, 0.15) is 11.6 Å². The molecule has 0 saturated carbocycles. The smallest absolute Gasteiger partial charge is 0.216 e. The monoisotopic (exact) mass is 269 g/mol. The van der Waals surface area contributed by atoms with Crippen molar-refractivity contribution in [3.63, 3.8) is 0 Å². The molecule has 1 aromatic heterocycles. The molecule has 0 atom stereocenters. The van der Waals surface area contributed by atoms with Gasteiger partial charge >= 0.3 is 0 Å². The van der Waals surface area contributed by atoms with Crippen LogP contribution in [-0.4, -0.2) is 39.6 Å². The summed E-state index contributed by atoms with van der Waals surface area (Å²) in [6.45, 7) is 0.807. The molecule has 0 aliphatic carbocycles. The number of nitriles is 1. The second kappa shape index (κ2) is 6.45. The van der Waals surface area contributed by atoms with Crippen LogP contribution in [0.25, 0.3) is 5.57 Å². The predicted octanol–water partition coefficient (Wildman–Crippen LogP) is 1.24. The van der Waals surface area contributed by atoms with Gasteiger partial charge in [0, 0.05) is 18.4 Å². The first-order valence-corrected chi connectivity index (χ1v) is 6.04. The molecule has 0 aliphatic rings. The SMILES string of the molecule is CN(C)Cc1ccccc1NC=C(C#N)c1nn[nH]n1. The summed E-state index contributed by atoms with van der Waals surface area (Å²) in [5.41, 5.74) is 2.40. The highest BCUT2D eigenvalue weighted by Crippen LogP contribution is 2.17. The van der Waals surface area contributed by atoms with Crippen molar-refractivity contribution in [3.05, 3.63) is 41.9 Å². The summed E-state index contributed by atoms with van der Waals surface area (Å²) < 4.78 is 0. The van der Waals surface area contributed by atoms with Crippen molar-refractivity contribution in [1.29, 1.82) is 5.26 Å². The first kappa shape index (κ1) is 13.7. The number of nitrogens with zero attached hydrogens (tertiary/aromatic N) is 5. The number of allylic oxidation sites excluding steroid dienone is 1. The topological polar surface area (TPSA) is 93.5 Å². The summed E-state index contributed by atoms with van der Waals surface area (Å²) in [6.07, 6.45) is 1.58. The number of hydrogen-bond donors (Lipinski definition) is 2. The number of H-pyrrole nitrogens is 1. The van der Waals surface area contributed by atoms with Crippen LogP contribution < -0.4 is 5.32 Å². The summed E-state index contributed by atoms with van der Waals surface area (Å²) in [6, 6.07) is 9.96. The van der Waals surface area contributed by atoms with Crippen LogP contribution in [0.5, 0.6) is 0 Å². The summed E-state index contributed by atoms with van der Waals surface area (Å²) >= 11 is 0. The number of rotatable bonds is 5. The van der Waals surface area contributed by atoms with Crippen molar-refractivity contribution in [2.75, 3.05) is 19.4 Å². The summed E-state index contributed by atoms with van der Waals surface area (Å²) in [5, 5.41) is 25.6. The summed E-state index contributed by atoms with van der Waals surface area (Å²) in [5.74, 6) is 0.269. The Morgan fingerprint density at radius 3 is 2.90 bits per heavy atom. The van der Waals surface area contributed by atoms with Crippen LogP contribution >= 0.6 is 0 Å². The predicted molar refractivity (Wildman–Crippen MR) is 75.2 cm³/mol. The molecule has 1 aromatic carbocycles. The van der Waals surface area contributed by atoms with E-state index in [0.29, 0.717) is 5.57 Å². The quantitative estimate of drug-likeness (QED) is 0.793. The van der Waals surface area contributed by atoms with Crippen LogP contribution in [0.1, 0.15) is 11.4 Å². The van der Waals surface area contributed by atoms with Crippen LogP contribution in [0, 0.1) is 11.3 Å². The van der Waals surface area contributed by atoms with E-state index < -0.39 is 0 Å². The molecule has 20 heavy (non-hydrogen) atoms. The highest BCUT2D eigenvalue weighted by atomic mass is 15.5. The third-order valence-corrected chi connectivity index (χ3v) is 2.58. The standard InChI is InChI=1S/C13H15N7/c1-20(2)9-10-5-3-4-6-12(10)15-8-11(7-14)13-16-18-19-17-13/h3-6,8,15H,9H2,1-2H3,(H,16,17,18,19). The van der Waals surface area contributed by atoms with Crippen molar-refractivity contribution >= 4 is 11.3 Å². The van der Waals surface area contributed by atoms with Gasteiger partial charge in [-0.25, -0.2) is 0 Å². The molecule has 0 unspecified atom stereocenters. The molecule has 2 rings (SSSR count). The van der Waals surface area contributed by atoms with E-state index in [1.807, 2.05) is 44.4 Å². The zero-order valence-corrected chi connectivity index (χ0v) is 11.3. The van der Waals surface area contributed by atoms with Gasteiger partial charge in [-0.1, -0.05) is 18.2 Å². The van der Waals surface area contributed by atoms with Gasteiger partial charge in [0.2, 0.25) is 5.82 Å². The normalized spacial score (nSPS) is 11.4. The Balaban J connectivity index is 2.20. The van der Waals surface area contributed by atoms with Gasteiger partial charge in [-0.15, -0.1) is 10.2 Å². The zero-order valence-electron chi connectivity index (χ0n) is 11.3. The highest BCUT2D eigenvalue weighted by Gasteiger charge is 2.06. The fraction of sp³-hybridized carbons (Fsp3) is 0.231. The van der Waals surface area contributed by atoms with Crippen molar-refractivity contribution in [2.24, 2.45) is 0 Å². The molecule has 2 aromatic rings. The largest absolute Gasteiger partial charge is 0.360 e. The van der Waals surface area contributed by atoms with Crippen molar-refractivity contribution in [2.45, 2.75) is 6.54 Å². The molecule has 0 amide bonds. The molecule has 0 aliphatic heterocycles. The summed E-state index contributed by atoms with van der Waals surface area (Å²) in [7, 11) is 4.01. The van der Waals surface area contributed by atoms with E-state index in [-0.39, 0.29) is 5.82 Å². The molecular weight excluding hydrogens is 254 g/mol. The zero-order chi connectivity index (χ0) is 14.4. The average molecular weight is 269 g/mol. The molecule has 2 N–H and O–H groups in total. The lowest BCUT2D eigenvalue weighted by molar-refractivity contribution is 0.403. The fourth-order valence-electron chi connectivity index (χ4n) is 1.71. The molecule has 102 valence electrons. The molecule has 1 heterocycles. The molecule has 0 bridgehead atoms. The maximum atomic E-state index is 9.10. The van der Waals surface area contributed by atoms with Crippen LogP contribution in [0.2, 0.25) is 0 Å². The Kier molecular flexibility index (Phi) is 4.42. The molecule has 0 fully saturated rings. The minimum absolute atomic E-state index is 0.269. The van der Waals surface area contributed by atoms with E-state index in [0.717, 1.165) is 17.8 Å². The van der Waals surface area contributed by atoms with E-state index in [1.54, 1.807) is 6.20 Å². The van der Waals surface area contributed by atoms with Gasteiger partial charge in [0.25, 0.3) is 0 Å². The van der Waals surface area contributed by atoms with E-state index in [4.69, 9.17) is 5.26 Å². The van der Waals surface area contributed by atoms with E-state index >= 15 is 0 Å². The van der Waals surface area contributed by atoms with Crippen LogP contribution in [0.4, 0.5) is 5.69 Å². The van der Waals surface area contributed by atoms with Crippen molar-refractivity contribution in [1.82, 2.24) is 25.5 Å². The molecular formula is C13H15N7. The van der Waals surface area contributed by atoms with E-state index in [1.165, 1.54) is 0 Å². The van der Waals surface area contributed by atoms with Gasteiger partial charge in [0.15, 0.2) is 0 Å². The number of anilines is 1. The lowest BCUT2D eigenvalue weighted by atomic mass is 10.1. The molecule has 7 heteroatoms. The first-order chi connectivity index (χ1) is 9.70. The third-order valence-electron chi connectivity index (χ3n) is 2.58. The maximum Gasteiger partial charge on any atom is 0.216 e. The fourth-order valence-corrected chi connectivity index (χ4v) is 1.71. The van der Waals surface area contributed by atoms with Gasteiger partial charge in [-0.05, 0) is 30.9 Å². The second-order valence-corrected chi connectivity index (χ2v) is 4.44. The number of hydrogen-bond acceptors (Lipinski definition) is 6. The van der Waals surface area contributed by atoms with E-state index in [2.05, 4.69) is 30.8 Å². The summed E-state index contributed by atoms with van der Waals surface area (Å²) in [4.78, 5) is 2.08. The second-order valence-electron chi connectivity index (χ2n) is 4.44. The molecule has 0 spiro atoms. The number of aromatic amines is 1. The molecule has 0 radical (unpaired) electrons. The molecule has 7 nitrogen and oxygen atoms in total. The van der Waals surface area contributed by atoms with Crippen LogP contribution in [-0.2, 0) is 6.54 Å². The average Bonchev–Trinajstić information content (AvgIpc) is 2.95. The Morgan fingerprint density at radius 2 is 2.25 bits per heavy atom. The lowest BCUT2D eigenvalue weighted by Gasteiger charge is -2.13. The minimum atomic E-state index is 0.269. The van der Waals surface area contributed by atoms with Crippen molar-refractivity contribution in [3.8, 4) is 6.07 Å². The minimum Gasteiger partial charge on any atom is -0.360 e. The number of aromatic nitrogens is 4. The number of nitrogens with one attached hydrogen (secondary N) is 2. The van der Waals surface area contributed by atoms with Gasteiger partial charge in [-0.2, -0.15) is 10.5 Å². The van der Waals surface area contributed by atoms with Crippen LogP contribution in [0.15, 0.2) is 30.5 Å². The number of benzene rings is 1. The van der Waals surface area contributed by atoms with Crippen molar-refractivity contribution < 1.29 is 0 Å².